The lowest BCUT2D eigenvalue weighted by molar-refractivity contribution is -0.137. The van der Waals surface area contributed by atoms with Crippen LogP contribution in [0, 0.1) is 0 Å². The van der Waals surface area contributed by atoms with E-state index in [2.05, 4.69) is 10.0 Å². The van der Waals surface area contributed by atoms with E-state index in [1.807, 2.05) is 0 Å². The Hall–Kier alpha value is -3.46. The lowest BCUT2D eigenvalue weighted by atomic mass is 10.0. The summed E-state index contributed by atoms with van der Waals surface area (Å²) in [5, 5.41) is 12.7. The summed E-state index contributed by atoms with van der Waals surface area (Å²) in [6.45, 7) is -0.576. The number of hydrogen-bond acceptors (Lipinski definition) is 6. The molecular formula is C23H21F3N3O6S2-. The van der Waals surface area contributed by atoms with Gasteiger partial charge in [0.2, 0.25) is 10.0 Å². The number of benzene rings is 3. The number of phenolic OH excluding ortho intramolecular Hbond substituents is 1. The Labute approximate surface area is 213 Å². The van der Waals surface area contributed by atoms with E-state index in [0.29, 0.717) is 11.1 Å². The second kappa shape index (κ2) is 11.3. The standard InChI is InChI=1S/C23H22F3N3O6S2/c1-37(34,35)27-12-13-29(36(32)33)20-14-19(10-11-21(20)30)28-22(31)17-4-2-15(3-5-17)16-6-8-18(9-7-16)23(24,25)26/h2-11,14,27,30H,12-13H2,1H3,(H,28,31)(H,32,33)/p-1. The molecule has 0 saturated carbocycles. The van der Waals surface area contributed by atoms with Gasteiger partial charge in [0.1, 0.15) is 5.75 Å². The minimum Gasteiger partial charge on any atom is -0.755 e. The molecule has 0 aliphatic heterocycles. The normalized spacial score (nSPS) is 12.7. The topological polar surface area (TPSA) is 139 Å². The summed E-state index contributed by atoms with van der Waals surface area (Å²) in [5.74, 6) is -0.980. The van der Waals surface area contributed by atoms with Crippen LogP contribution in [0.15, 0.2) is 66.7 Å². The van der Waals surface area contributed by atoms with E-state index in [4.69, 9.17) is 0 Å². The third kappa shape index (κ3) is 7.76. The third-order valence-electron chi connectivity index (χ3n) is 5.05. The zero-order chi connectivity index (χ0) is 27.4. The van der Waals surface area contributed by atoms with Crippen LogP contribution in [-0.2, 0) is 27.5 Å². The summed E-state index contributed by atoms with van der Waals surface area (Å²) in [6, 6.07) is 14.4. The summed E-state index contributed by atoms with van der Waals surface area (Å²) >= 11 is -2.86. The van der Waals surface area contributed by atoms with Crippen LogP contribution in [0.2, 0.25) is 0 Å². The van der Waals surface area contributed by atoms with Crippen molar-refractivity contribution in [2.75, 3.05) is 29.0 Å². The number of sulfonamides is 1. The molecule has 0 radical (unpaired) electrons. The lowest BCUT2D eigenvalue weighted by Gasteiger charge is -2.27. The van der Waals surface area contributed by atoms with Gasteiger partial charge in [-0.2, -0.15) is 13.2 Å². The second-order valence-electron chi connectivity index (χ2n) is 7.80. The number of halogens is 3. The van der Waals surface area contributed by atoms with Crippen molar-refractivity contribution in [3.05, 3.63) is 77.9 Å². The quantitative estimate of drug-likeness (QED) is 0.273. The fourth-order valence-electron chi connectivity index (χ4n) is 3.28. The van der Waals surface area contributed by atoms with Crippen molar-refractivity contribution in [3.63, 3.8) is 0 Å². The van der Waals surface area contributed by atoms with Crippen molar-refractivity contribution in [2.45, 2.75) is 6.18 Å². The Kier molecular flexibility index (Phi) is 8.58. The average Bonchev–Trinajstić information content (AvgIpc) is 2.82. The van der Waals surface area contributed by atoms with E-state index in [1.165, 1.54) is 42.5 Å². The highest BCUT2D eigenvalue weighted by Gasteiger charge is 2.30. The van der Waals surface area contributed by atoms with Crippen LogP contribution in [0.3, 0.4) is 0 Å². The lowest BCUT2D eigenvalue weighted by Crippen LogP contribution is -2.35. The highest BCUT2D eigenvalue weighted by atomic mass is 32.2. The molecule has 0 aliphatic rings. The fourth-order valence-corrected chi connectivity index (χ4v) is 4.29. The number of nitrogens with one attached hydrogen (secondary N) is 2. The summed E-state index contributed by atoms with van der Waals surface area (Å²) in [7, 11) is -3.56. The number of hydrogen-bond donors (Lipinski definition) is 3. The van der Waals surface area contributed by atoms with Gasteiger partial charge in [0.05, 0.1) is 17.5 Å². The molecule has 0 aromatic heterocycles. The van der Waals surface area contributed by atoms with Gasteiger partial charge in [-0.15, -0.1) is 0 Å². The summed E-state index contributed by atoms with van der Waals surface area (Å²) in [6.07, 6.45) is -3.53. The van der Waals surface area contributed by atoms with Gasteiger partial charge in [0, 0.05) is 35.6 Å². The molecule has 1 amide bonds. The Morgan fingerprint density at radius 2 is 1.59 bits per heavy atom. The number of nitrogens with zero attached hydrogens (tertiary/aromatic N) is 1. The number of aromatic hydroxyl groups is 1. The molecule has 14 heteroatoms. The minimum atomic E-state index is -4.44. The van der Waals surface area contributed by atoms with Gasteiger partial charge < -0.3 is 15.0 Å². The Morgan fingerprint density at radius 3 is 2.11 bits per heavy atom. The van der Waals surface area contributed by atoms with E-state index < -0.39 is 44.7 Å². The minimum absolute atomic E-state index is 0.149. The number of rotatable bonds is 9. The number of alkyl halides is 3. The van der Waals surface area contributed by atoms with Crippen LogP contribution >= 0.6 is 0 Å². The molecule has 1 unspecified atom stereocenters. The van der Waals surface area contributed by atoms with Crippen LogP contribution in [-0.4, -0.2) is 47.5 Å². The van der Waals surface area contributed by atoms with E-state index in [9.17, 15) is 40.3 Å². The molecular weight excluding hydrogens is 535 g/mol. The Bertz CT molecular complexity index is 1400. The van der Waals surface area contributed by atoms with Crippen molar-refractivity contribution in [1.29, 1.82) is 0 Å². The van der Waals surface area contributed by atoms with Crippen molar-refractivity contribution in [1.82, 2.24) is 4.72 Å². The summed E-state index contributed by atoms with van der Waals surface area (Å²) in [5.41, 5.74) is 0.529. The van der Waals surface area contributed by atoms with Crippen molar-refractivity contribution in [2.24, 2.45) is 0 Å². The molecule has 0 heterocycles. The van der Waals surface area contributed by atoms with E-state index in [-0.39, 0.29) is 30.0 Å². The molecule has 0 spiro atoms. The van der Waals surface area contributed by atoms with Crippen LogP contribution < -0.4 is 14.3 Å². The molecule has 0 aliphatic carbocycles. The number of amides is 1. The molecule has 3 aromatic rings. The first kappa shape index (κ1) is 28.1. The van der Waals surface area contributed by atoms with Gasteiger partial charge in [-0.1, -0.05) is 24.3 Å². The second-order valence-corrected chi connectivity index (χ2v) is 10.5. The molecule has 1 atom stereocenters. The van der Waals surface area contributed by atoms with Gasteiger partial charge >= 0.3 is 6.18 Å². The molecule has 0 saturated heterocycles. The largest absolute Gasteiger partial charge is 0.755 e. The van der Waals surface area contributed by atoms with Crippen LogP contribution in [0.4, 0.5) is 24.5 Å². The first-order chi connectivity index (χ1) is 17.2. The Balaban J connectivity index is 1.74. The van der Waals surface area contributed by atoms with Gasteiger partial charge in [0.15, 0.2) is 0 Å². The molecule has 37 heavy (non-hydrogen) atoms. The maximum Gasteiger partial charge on any atom is 0.416 e. The highest BCUT2D eigenvalue weighted by Crippen LogP contribution is 2.32. The number of carbonyl (C=O) groups excluding carboxylic acids is 1. The smallest absolute Gasteiger partial charge is 0.416 e. The molecule has 0 fully saturated rings. The maximum atomic E-state index is 12.8. The highest BCUT2D eigenvalue weighted by molar-refractivity contribution is 7.88. The molecule has 198 valence electrons. The molecule has 3 N–H and O–H groups in total. The first-order valence-corrected chi connectivity index (χ1v) is 13.4. The third-order valence-corrected chi connectivity index (χ3v) is 6.52. The van der Waals surface area contributed by atoms with Crippen molar-refractivity contribution in [3.8, 4) is 16.9 Å². The van der Waals surface area contributed by atoms with Crippen LogP contribution in [0.1, 0.15) is 15.9 Å². The van der Waals surface area contributed by atoms with Gasteiger partial charge in [-0.3, -0.25) is 13.3 Å². The van der Waals surface area contributed by atoms with Crippen LogP contribution in [0.5, 0.6) is 5.75 Å². The van der Waals surface area contributed by atoms with Gasteiger partial charge in [0.25, 0.3) is 5.91 Å². The first-order valence-electron chi connectivity index (χ1n) is 10.5. The molecule has 0 bridgehead atoms. The van der Waals surface area contributed by atoms with E-state index in [1.54, 1.807) is 12.1 Å². The van der Waals surface area contributed by atoms with Crippen molar-refractivity contribution < 1.29 is 40.3 Å². The van der Waals surface area contributed by atoms with Crippen LogP contribution in [0.25, 0.3) is 11.1 Å². The maximum absolute atomic E-state index is 12.8. The van der Waals surface area contributed by atoms with Gasteiger partial charge in [-0.25, -0.2) is 13.1 Å². The SMILES string of the molecule is CS(=O)(=O)NCCN(c1cc(NC(=O)c2ccc(-c3ccc(C(F)(F)F)cc3)cc2)ccc1O)S(=O)[O-]. The molecule has 3 rings (SSSR count). The monoisotopic (exact) mass is 556 g/mol. The zero-order valence-corrected chi connectivity index (χ0v) is 20.8. The number of phenols is 1. The Morgan fingerprint density at radius 1 is 1.03 bits per heavy atom. The van der Waals surface area contributed by atoms with Gasteiger partial charge in [-0.05, 0) is 53.6 Å². The van der Waals surface area contributed by atoms with E-state index in [0.717, 1.165) is 22.7 Å². The molecule has 3 aromatic carbocycles. The predicted molar refractivity (Wildman–Crippen MR) is 132 cm³/mol. The average molecular weight is 557 g/mol. The molecule has 9 nitrogen and oxygen atoms in total. The van der Waals surface area contributed by atoms with E-state index >= 15 is 0 Å². The predicted octanol–water partition coefficient (Wildman–Crippen LogP) is 3.48. The summed E-state index contributed by atoms with van der Waals surface area (Å²) in [4.78, 5) is 12.7. The fraction of sp³-hybridized carbons (Fsp3) is 0.174. The summed E-state index contributed by atoms with van der Waals surface area (Å²) < 4.78 is 86.9. The zero-order valence-electron chi connectivity index (χ0n) is 19.2. The number of anilines is 2. The number of carbonyl (C=O) groups is 1. The van der Waals surface area contributed by atoms with Crippen molar-refractivity contribution >= 4 is 38.6 Å².